The van der Waals surface area contributed by atoms with Gasteiger partial charge in [0.1, 0.15) is 0 Å². The Morgan fingerprint density at radius 1 is 1.35 bits per heavy atom. The van der Waals surface area contributed by atoms with Crippen molar-refractivity contribution in [3.63, 3.8) is 0 Å². The van der Waals surface area contributed by atoms with Gasteiger partial charge in [-0.05, 0) is 18.2 Å². The monoisotopic (exact) mass is 355 g/mol. The van der Waals surface area contributed by atoms with E-state index in [1.54, 1.807) is 6.07 Å². The van der Waals surface area contributed by atoms with E-state index >= 15 is 0 Å². The SMILES string of the molecule is COC(=O)C(O)(NC(=O)c1cccc(Br)c1)C(F)(F)F. The van der Waals surface area contributed by atoms with Crippen molar-refractivity contribution in [3.05, 3.63) is 34.3 Å². The van der Waals surface area contributed by atoms with Gasteiger partial charge in [0, 0.05) is 10.0 Å². The van der Waals surface area contributed by atoms with Crippen LogP contribution in [-0.2, 0) is 9.53 Å². The first-order valence-electron chi connectivity index (χ1n) is 5.07. The van der Waals surface area contributed by atoms with Gasteiger partial charge < -0.3 is 15.2 Å². The Hall–Kier alpha value is -1.61. The highest BCUT2D eigenvalue weighted by Gasteiger charge is 2.62. The number of carbonyl (C=O) groups is 2. The van der Waals surface area contributed by atoms with E-state index in [-0.39, 0.29) is 5.56 Å². The molecule has 1 unspecified atom stereocenters. The molecule has 0 aromatic heterocycles. The highest BCUT2D eigenvalue weighted by molar-refractivity contribution is 9.10. The quantitative estimate of drug-likeness (QED) is 0.637. The number of carbonyl (C=O) groups excluding carboxylic acids is 2. The number of hydrogen-bond acceptors (Lipinski definition) is 4. The number of amides is 1. The lowest BCUT2D eigenvalue weighted by molar-refractivity contribution is -0.268. The van der Waals surface area contributed by atoms with Crippen LogP contribution in [0.5, 0.6) is 0 Å². The molecule has 1 rings (SSSR count). The molecule has 0 fully saturated rings. The normalized spacial score (nSPS) is 14.3. The number of esters is 1. The highest BCUT2D eigenvalue weighted by Crippen LogP contribution is 2.29. The molecule has 20 heavy (non-hydrogen) atoms. The summed E-state index contributed by atoms with van der Waals surface area (Å²) in [5.41, 5.74) is -4.29. The van der Waals surface area contributed by atoms with Crippen molar-refractivity contribution in [1.29, 1.82) is 0 Å². The highest BCUT2D eigenvalue weighted by atomic mass is 79.9. The van der Waals surface area contributed by atoms with Gasteiger partial charge >= 0.3 is 17.9 Å². The van der Waals surface area contributed by atoms with Gasteiger partial charge in [-0.3, -0.25) is 4.79 Å². The van der Waals surface area contributed by atoms with Crippen LogP contribution in [0.4, 0.5) is 13.2 Å². The zero-order chi connectivity index (χ0) is 15.6. The molecular formula is C11H9BrF3NO4. The maximum Gasteiger partial charge on any atom is 0.448 e. The molecule has 1 atom stereocenters. The third-order valence-electron chi connectivity index (χ3n) is 2.27. The molecule has 1 amide bonds. The Bertz CT molecular complexity index is 535. The largest absolute Gasteiger partial charge is 0.465 e. The second kappa shape index (κ2) is 5.80. The van der Waals surface area contributed by atoms with Crippen molar-refractivity contribution in [2.75, 3.05) is 7.11 Å². The van der Waals surface area contributed by atoms with Crippen molar-refractivity contribution in [2.24, 2.45) is 0 Å². The molecule has 1 aromatic rings. The number of benzene rings is 1. The minimum atomic E-state index is -5.43. The smallest absolute Gasteiger partial charge is 0.448 e. The molecule has 2 N–H and O–H groups in total. The number of rotatable bonds is 3. The molecule has 0 spiro atoms. The van der Waals surface area contributed by atoms with E-state index in [4.69, 9.17) is 0 Å². The number of aliphatic hydroxyl groups is 1. The lowest BCUT2D eigenvalue weighted by Crippen LogP contribution is -2.64. The molecule has 0 heterocycles. The molecule has 0 aliphatic rings. The van der Waals surface area contributed by atoms with Crippen LogP contribution in [0.15, 0.2) is 28.7 Å². The number of ether oxygens (including phenoxy) is 1. The van der Waals surface area contributed by atoms with Crippen LogP contribution in [0.3, 0.4) is 0 Å². The van der Waals surface area contributed by atoms with Gasteiger partial charge in [-0.25, -0.2) is 4.79 Å². The summed E-state index contributed by atoms with van der Waals surface area (Å²) in [6.45, 7) is 0. The molecule has 0 bridgehead atoms. The fraction of sp³-hybridized carbons (Fsp3) is 0.273. The Balaban J connectivity index is 3.09. The fourth-order valence-electron chi connectivity index (χ4n) is 1.25. The van der Waals surface area contributed by atoms with Crippen molar-refractivity contribution < 1.29 is 32.6 Å². The van der Waals surface area contributed by atoms with Crippen LogP contribution in [-0.4, -0.2) is 36.0 Å². The maximum absolute atomic E-state index is 12.7. The van der Waals surface area contributed by atoms with Gasteiger partial charge in [0.15, 0.2) is 0 Å². The van der Waals surface area contributed by atoms with Crippen molar-refractivity contribution in [2.45, 2.75) is 11.9 Å². The van der Waals surface area contributed by atoms with E-state index in [1.165, 1.54) is 23.5 Å². The molecule has 0 aliphatic heterocycles. The zero-order valence-corrected chi connectivity index (χ0v) is 11.6. The molecule has 0 radical (unpaired) electrons. The molecule has 0 saturated carbocycles. The van der Waals surface area contributed by atoms with Crippen molar-refractivity contribution >= 4 is 27.8 Å². The third-order valence-corrected chi connectivity index (χ3v) is 2.77. The van der Waals surface area contributed by atoms with Crippen LogP contribution in [0, 0.1) is 0 Å². The molecule has 0 saturated heterocycles. The van der Waals surface area contributed by atoms with Crippen LogP contribution >= 0.6 is 15.9 Å². The number of methoxy groups -OCH3 is 1. The van der Waals surface area contributed by atoms with E-state index in [0.29, 0.717) is 11.6 Å². The van der Waals surface area contributed by atoms with Gasteiger partial charge in [-0.1, -0.05) is 22.0 Å². The second-order valence-corrected chi connectivity index (χ2v) is 4.58. The van der Waals surface area contributed by atoms with Gasteiger partial charge in [0.25, 0.3) is 5.91 Å². The number of halogens is 4. The van der Waals surface area contributed by atoms with E-state index in [9.17, 15) is 27.9 Å². The maximum atomic E-state index is 12.7. The average Bonchev–Trinajstić information content (AvgIpc) is 2.36. The molecular weight excluding hydrogens is 347 g/mol. The Morgan fingerprint density at radius 2 is 1.95 bits per heavy atom. The topological polar surface area (TPSA) is 75.6 Å². The Morgan fingerprint density at radius 3 is 2.40 bits per heavy atom. The molecule has 9 heteroatoms. The van der Waals surface area contributed by atoms with Gasteiger partial charge in [0.05, 0.1) is 7.11 Å². The summed E-state index contributed by atoms with van der Waals surface area (Å²) >= 11 is 3.04. The summed E-state index contributed by atoms with van der Waals surface area (Å²) < 4.78 is 42.5. The third kappa shape index (κ3) is 3.28. The fourth-order valence-corrected chi connectivity index (χ4v) is 1.65. The number of alkyl halides is 3. The molecule has 0 aliphatic carbocycles. The lowest BCUT2D eigenvalue weighted by atomic mass is 10.1. The Labute approximate surface area is 119 Å². The predicted molar refractivity (Wildman–Crippen MR) is 64.6 cm³/mol. The van der Waals surface area contributed by atoms with Crippen LogP contribution < -0.4 is 5.32 Å². The minimum absolute atomic E-state index is 0.175. The van der Waals surface area contributed by atoms with Crippen LogP contribution in [0.2, 0.25) is 0 Å². The second-order valence-electron chi connectivity index (χ2n) is 3.66. The molecule has 5 nitrogen and oxygen atoms in total. The van der Waals surface area contributed by atoms with E-state index in [0.717, 1.165) is 0 Å². The van der Waals surface area contributed by atoms with E-state index < -0.39 is 23.8 Å². The average molecular weight is 356 g/mol. The van der Waals surface area contributed by atoms with Gasteiger partial charge in [-0.2, -0.15) is 13.2 Å². The van der Waals surface area contributed by atoms with Crippen molar-refractivity contribution in [3.8, 4) is 0 Å². The summed E-state index contributed by atoms with van der Waals surface area (Å²) in [5.74, 6) is -3.31. The lowest BCUT2D eigenvalue weighted by Gasteiger charge is -2.28. The van der Waals surface area contributed by atoms with E-state index in [2.05, 4.69) is 20.7 Å². The van der Waals surface area contributed by atoms with Crippen LogP contribution in [0.25, 0.3) is 0 Å². The summed E-state index contributed by atoms with van der Waals surface area (Å²) in [6.07, 6.45) is -5.43. The van der Waals surface area contributed by atoms with Gasteiger partial charge in [0.2, 0.25) is 0 Å². The summed E-state index contributed by atoms with van der Waals surface area (Å²) in [6, 6.07) is 5.40. The number of hydrogen-bond donors (Lipinski definition) is 2. The minimum Gasteiger partial charge on any atom is -0.465 e. The first-order chi connectivity index (χ1) is 9.11. The summed E-state index contributed by atoms with van der Waals surface area (Å²) in [5, 5.41) is 10.6. The first kappa shape index (κ1) is 16.4. The standard InChI is InChI=1S/C11H9BrF3NO4/c1-20-9(18)10(19,11(13,14)15)16-8(17)6-3-2-4-7(12)5-6/h2-5,19H,1H3,(H,16,17). The van der Waals surface area contributed by atoms with Crippen LogP contribution in [0.1, 0.15) is 10.4 Å². The first-order valence-corrected chi connectivity index (χ1v) is 5.86. The zero-order valence-electron chi connectivity index (χ0n) is 9.99. The summed E-state index contributed by atoms with van der Waals surface area (Å²) in [7, 11) is 0.657. The predicted octanol–water partition coefficient (Wildman–Crippen LogP) is 1.60. The molecule has 110 valence electrons. The Kier molecular flexibility index (Phi) is 4.77. The van der Waals surface area contributed by atoms with E-state index in [1.807, 2.05) is 0 Å². The number of nitrogens with one attached hydrogen (secondary N) is 1. The molecule has 1 aromatic carbocycles. The summed E-state index contributed by atoms with van der Waals surface area (Å²) in [4.78, 5) is 22.8. The van der Waals surface area contributed by atoms with Crippen molar-refractivity contribution in [1.82, 2.24) is 5.32 Å². The van der Waals surface area contributed by atoms with Gasteiger partial charge in [-0.15, -0.1) is 0 Å².